The Morgan fingerprint density at radius 1 is 1.56 bits per heavy atom. The summed E-state index contributed by atoms with van der Waals surface area (Å²) in [5, 5.41) is 11.3. The van der Waals surface area contributed by atoms with Gasteiger partial charge in [-0.2, -0.15) is 0 Å². The molecule has 1 atom stereocenters. The van der Waals surface area contributed by atoms with Crippen LogP contribution in [0, 0.1) is 0 Å². The topological polar surface area (TPSA) is 46.0 Å². The van der Waals surface area contributed by atoms with Crippen molar-refractivity contribution in [3.8, 4) is 0 Å². The van der Waals surface area contributed by atoms with Crippen LogP contribution < -0.4 is 5.32 Å². The summed E-state index contributed by atoms with van der Waals surface area (Å²) in [5.74, 6) is 0. The van der Waals surface area contributed by atoms with Crippen LogP contribution in [0.5, 0.6) is 0 Å². The van der Waals surface area contributed by atoms with Crippen molar-refractivity contribution in [1.29, 1.82) is 0 Å². The molecule has 0 saturated carbocycles. The highest BCUT2D eigenvalue weighted by Gasteiger charge is 2.22. The molecule has 5 heteroatoms. The van der Waals surface area contributed by atoms with Crippen LogP contribution in [0.25, 0.3) is 0 Å². The molecule has 1 aliphatic heterocycles. The van der Waals surface area contributed by atoms with Gasteiger partial charge in [0.05, 0.1) is 11.9 Å². The van der Waals surface area contributed by atoms with Gasteiger partial charge < -0.3 is 5.32 Å². The monoisotopic (exact) mass is 223 g/mol. The fourth-order valence-electron chi connectivity index (χ4n) is 2.38. The molecule has 1 aliphatic rings. The van der Waals surface area contributed by atoms with E-state index in [1.165, 1.54) is 25.9 Å². The number of aryl methyl sites for hydroxylation is 1. The Kier molecular flexibility index (Phi) is 3.90. The van der Waals surface area contributed by atoms with Crippen molar-refractivity contribution in [2.45, 2.75) is 32.4 Å². The predicted octanol–water partition coefficient (Wildman–Crippen LogP) is 0.389. The lowest BCUT2D eigenvalue weighted by molar-refractivity contribution is 0.259. The second-order valence-corrected chi connectivity index (χ2v) is 4.40. The van der Waals surface area contributed by atoms with Gasteiger partial charge in [-0.25, -0.2) is 0 Å². The standard InChI is InChI=1S/C11H21N5/c1-3-16-6-4-5-10(16)7-12-8-11-9-13-14-15(11)2/h9-10,12H,3-8H2,1-2H3. The maximum atomic E-state index is 3.91. The van der Waals surface area contributed by atoms with E-state index in [1.807, 2.05) is 17.9 Å². The Morgan fingerprint density at radius 3 is 3.12 bits per heavy atom. The number of rotatable bonds is 5. The van der Waals surface area contributed by atoms with Crippen LogP contribution in [0.1, 0.15) is 25.5 Å². The maximum absolute atomic E-state index is 3.91. The summed E-state index contributed by atoms with van der Waals surface area (Å²) in [4.78, 5) is 2.55. The second kappa shape index (κ2) is 5.41. The lowest BCUT2D eigenvalue weighted by Gasteiger charge is -2.22. The zero-order valence-corrected chi connectivity index (χ0v) is 10.2. The Labute approximate surface area is 96.8 Å². The van der Waals surface area contributed by atoms with Gasteiger partial charge in [-0.15, -0.1) is 5.10 Å². The van der Waals surface area contributed by atoms with E-state index in [0.717, 1.165) is 18.8 Å². The van der Waals surface area contributed by atoms with E-state index in [1.54, 1.807) is 0 Å². The fourth-order valence-corrected chi connectivity index (χ4v) is 2.38. The molecule has 16 heavy (non-hydrogen) atoms. The predicted molar refractivity (Wildman–Crippen MR) is 63.0 cm³/mol. The molecule has 1 N–H and O–H groups in total. The SMILES string of the molecule is CCN1CCCC1CNCc1cnnn1C. The minimum absolute atomic E-state index is 0.714. The molecule has 0 aliphatic carbocycles. The van der Waals surface area contributed by atoms with E-state index in [2.05, 4.69) is 27.5 Å². The van der Waals surface area contributed by atoms with Crippen LogP contribution in [0.15, 0.2) is 6.20 Å². The highest BCUT2D eigenvalue weighted by atomic mass is 15.4. The van der Waals surface area contributed by atoms with Gasteiger partial charge in [0.1, 0.15) is 0 Å². The van der Waals surface area contributed by atoms with Crippen molar-refractivity contribution < 1.29 is 0 Å². The van der Waals surface area contributed by atoms with Crippen LogP contribution in [-0.2, 0) is 13.6 Å². The van der Waals surface area contributed by atoms with Gasteiger partial charge >= 0.3 is 0 Å². The Balaban J connectivity index is 1.74. The molecular formula is C11H21N5. The molecule has 1 unspecified atom stereocenters. The van der Waals surface area contributed by atoms with Crippen LogP contribution in [0.4, 0.5) is 0 Å². The highest BCUT2D eigenvalue weighted by Crippen LogP contribution is 2.15. The number of likely N-dealkylation sites (tertiary alicyclic amines) is 1. The molecule has 0 aromatic carbocycles. The minimum Gasteiger partial charge on any atom is -0.310 e. The molecule has 1 aromatic rings. The zero-order chi connectivity index (χ0) is 11.4. The van der Waals surface area contributed by atoms with E-state index in [9.17, 15) is 0 Å². The largest absolute Gasteiger partial charge is 0.310 e. The number of aromatic nitrogens is 3. The lowest BCUT2D eigenvalue weighted by Crippen LogP contribution is -2.37. The molecule has 2 rings (SSSR count). The second-order valence-electron chi connectivity index (χ2n) is 4.40. The molecular weight excluding hydrogens is 202 g/mol. The van der Waals surface area contributed by atoms with Crippen molar-refractivity contribution in [1.82, 2.24) is 25.2 Å². The quantitative estimate of drug-likeness (QED) is 0.784. The average molecular weight is 223 g/mol. The number of nitrogens with zero attached hydrogens (tertiary/aromatic N) is 4. The van der Waals surface area contributed by atoms with Crippen LogP contribution in [0.2, 0.25) is 0 Å². The first kappa shape index (κ1) is 11.5. The summed E-state index contributed by atoms with van der Waals surface area (Å²) in [6.07, 6.45) is 4.48. The number of likely N-dealkylation sites (N-methyl/N-ethyl adjacent to an activating group) is 1. The van der Waals surface area contributed by atoms with Gasteiger partial charge in [0.25, 0.3) is 0 Å². The number of hydrogen-bond acceptors (Lipinski definition) is 4. The Morgan fingerprint density at radius 2 is 2.44 bits per heavy atom. The molecule has 2 heterocycles. The van der Waals surface area contributed by atoms with Crippen molar-refractivity contribution in [2.75, 3.05) is 19.6 Å². The normalized spacial score (nSPS) is 21.8. The minimum atomic E-state index is 0.714. The summed E-state index contributed by atoms with van der Waals surface area (Å²) < 4.78 is 1.82. The first-order valence-corrected chi connectivity index (χ1v) is 6.09. The molecule has 0 bridgehead atoms. The number of hydrogen-bond donors (Lipinski definition) is 1. The molecule has 0 spiro atoms. The molecule has 1 saturated heterocycles. The first-order chi connectivity index (χ1) is 7.81. The van der Waals surface area contributed by atoms with Gasteiger partial charge in [-0.1, -0.05) is 12.1 Å². The van der Waals surface area contributed by atoms with Crippen molar-refractivity contribution >= 4 is 0 Å². The van der Waals surface area contributed by atoms with Gasteiger partial charge in [0, 0.05) is 26.2 Å². The lowest BCUT2D eigenvalue weighted by atomic mass is 10.2. The molecule has 0 amide bonds. The third-order valence-electron chi connectivity index (χ3n) is 3.40. The summed E-state index contributed by atoms with van der Waals surface area (Å²) in [7, 11) is 1.93. The van der Waals surface area contributed by atoms with Gasteiger partial charge in [0.15, 0.2) is 0 Å². The summed E-state index contributed by atoms with van der Waals surface area (Å²) in [6, 6.07) is 0.714. The Hall–Kier alpha value is -0.940. The fraction of sp³-hybridized carbons (Fsp3) is 0.818. The van der Waals surface area contributed by atoms with E-state index in [4.69, 9.17) is 0 Å². The van der Waals surface area contributed by atoms with E-state index < -0.39 is 0 Å². The Bertz CT molecular complexity index is 322. The van der Waals surface area contributed by atoms with Crippen molar-refractivity contribution in [2.24, 2.45) is 7.05 Å². The van der Waals surface area contributed by atoms with Gasteiger partial charge in [-0.3, -0.25) is 9.58 Å². The number of nitrogens with one attached hydrogen (secondary N) is 1. The highest BCUT2D eigenvalue weighted by molar-refractivity contribution is 4.92. The molecule has 5 nitrogen and oxygen atoms in total. The molecule has 0 radical (unpaired) electrons. The average Bonchev–Trinajstić information content (AvgIpc) is 2.88. The third kappa shape index (κ3) is 2.59. The summed E-state index contributed by atoms with van der Waals surface area (Å²) in [5.41, 5.74) is 1.14. The smallest absolute Gasteiger partial charge is 0.0738 e. The first-order valence-electron chi connectivity index (χ1n) is 6.09. The molecule has 1 aromatic heterocycles. The molecule has 1 fully saturated rings. The van der Waals surface area contributed by atoms with Gasteiger partial charge in [0.2, 0.25) is 0 Å². The van der Waals surface area contributed by atoms with Crippen LogP contribution >= 0.6 is 0 Å². The summed E-state index contributed by atoms with van der Waals surface area (Å²) in [6.45, 7) is 6.59. The summed E-state index contributed by atoms with van der Waals surface area (Å²) >= 11 is 0. The van der Waals surface area contributed by atoms with Crippen molar-refractivity contribution in [3.63, 3.8) is 0 Å². The van der Waals surface area contributed by atoms with Crippen LogP contribution in [-0.4, -0.2) is 45.6 Å². The zero-order valence-electron chi connectivity index (χ0n) is 10.2. The van der Waals surface area contributed by atoms with Gasteiger partial charge in [-0.05, 0) is 25.9 Å². The van der Waals surface area contributed by atoms with E-state index >= 15 is 0 Å². The van der Waals surface area contributed by atoms with Crippen LogP contribution in [0.3, 0.4) is 0 Å². The van der Waals surface area contributed by atoms with Crippen molar-refractivity contribution in [3.05, 3.63) is 11.9 Å². The van der Waals surface area contributed by atoms with E-state index in [0.29, 0.717) is 6.04 Å². The third-order valence-corrected chi connectivity index (χ3v) is 3.40. The van der Waals surface area contributed by atoms with E-state index in [-0.39, 0.29) is 0 Å². The molecule has 90 valence electrons. The maximum Gasteiger partial charge on any atom is 0.0738 e.